The molecule has 2 fully saturated rings. The third-order valence-electron chi connectivity index (χ3n) is 8.46. The van der Waals surface area contributed by atoms with E-state index in [9.17, 15) is 29.1 Å². The maximum atomic E-state index is 14.0. The van der Waals surface area contributed by atoms with Crippen LogP contribution in [0.1, 0.15) is 46.4 Å². The lowest BCUT2D eigenvalue weighted by Gasteiger charge is -2.25. The smallest absolute Gasteiger partial charge is 0.355 e. The fourth-order valence-electron chi connectivity index (χ4n) is 6.01. The number of carbonyl (C=O) groups excluding carboxylic acids is 4. The van der Waals surface area contributed by atoms with Crippen molar-refractivity contribution < 1.29 is 38.3 Å². The van der Waals surface area contributed by atoms with Gasteiger partial charge in [-0.15, -0.1) is 5.06 Å². The molecule has 0 radical (unpaired) electrons. The number of hydrogen-bond donors (Lipinski definition) is 1. The minimum Gasteiger partial charge on any atom is -0.478 e. The van der Waals surface area contributed by atoms with Crippen molar-refractivity contribution in [3.8, 4) is 22.5 Å². The van der Waals surface area contributed by atoms with Gasteiger partial charge in [-0.3, -0.25) is 14.4 Å². The van der Waals surface area contributed by atoms with Gasteiger partial charge in [-0.1, -0.05) is 0 Å². The van der Waals surface area contributed by atoms with Gasteiger partial charge in [-0.25, -0.2) is 14.2 Å². The fourth-order valence-corrected chi connectivity index (χ4v) is 6.01. The summed E-state index contributed by atoms with van der Waals surface area (Å²) in [7, 11) is 7.64. The van der Waals surface area contributed by atoms with Crippen LogP contribution in [0.5, 0.6) is 0 Å². The van der Waals surface area contributed by atoms with E-state index >= 15 is 0 Å². The van der Waals surface area contributed by atoms with E-state index in [0.29, 0.717) is 51.3 Å². The third-order valence-corrected chi connectivity index (χ3v) is 8.46. The number of amides is 3. The molecular formula is C34H33N4O8+. The number of hydrogen-bond acceptors (Lipinski definition) is 8. The summed E-state index contributed by atoms with van der Waals surface area (Å²) in [5, 5.41) is 12.3. The summed E-state index contributed by atoms with van der Waals surface area (Å²) in [5.41, 5.74) is 3.13. The van der Waals surface area contributed by atoms with E-state index in [1.54, 1.807) is 0 Å². The number of imide groups is 1. The molecule has 0 aromatic heterocycles. The highest BCUT2D eigenvalue weighted by atomic mass is 16.7. The minimum atomic E-state index is -1.17. The Hall–Kier alpha value is -5.52. The molecule has 2 aromatic rings. The Labute approximate surface area is 264 Å². The quantitative estimate of drug-likeness (QED) is 0.194. The van der Waals surface area contributed by atoms with Crippen molar-refractivity contribution in [3.05, 3.63) is 71.1 Å². The number of likely N-dealkylation sites (tertiary alicyclic amines) is 1. The first kappa shape index (κ1) is 30.5. The maximum Gasteiger partial charge on any atom is 0.355 e. The van der Waals surface area contributed by atoms with E-state index in [1.807, 2.05) is 74.1 Å². The maximum absolute atomic E-state index is 14.0. The first-order valence-corrected chi connectivity index (χ1v) is 14.9. The van der Waals surface area contributed by atoms with Crippen molar-refractivity contribution in [3.63, 3.8) is 0 Å². The summed E-state index contributed by atoms with van der Waals surface area (Å²) in [6, 6.07) is 14.7. The molecule has 0 spiro atoms. The number of carboxylic acid groups (broad SMARTS) is 1. The zero-order valence-electron chi connectivity index (χ0n) is 25.9. The molecule has 12 heteroatoms. The number of aromatic carboxylic acids is 1. The largest absolute Gasteiger partial charge is 0.478 e. The summed E-state index contributed by atoms with van der Waals surface area (Å²) in [6.45, 7) is 0.243. The average Bonchev–Trinajstić information content (AvgIpc) is 3.65. The Bertz CT molecular complexity index is 1970. The molecule has 3 amide bonds. The second kappa shape index (κ2) is 11.8. The molecule has 3 heterocycles. The highest BCUT2D eigenvalue weighted by Crippen LogP contribution is 2.42. The van der Waals surface area contributed by atoms with Crippen LogP contribution in [0.4, 0.5) is 5.69 Å². The number of benzene rings is 3. The average molecular weight is 626 g/mol. The molecule has 4 aliphatic rings. The van der Waals surface area contributed by atoms with Gasteiger partial charge in [0.15, 0.2) is 0 Å². The van der Waals surface area contributed by atoms with Gasteiger partial charge >= 0.3 is 11.9 Å². The van der Waals surface area contributed by atoms with Gasteiger partial charge in [0.25, 0.3) is 17.7 Å². The van der Waals surface area contributed by atoms with Gasteiger partial charge in [0, 0.05) is 73.4 Å². The fraction of sp³-hybridized carbons (Fsp3) is 0.294. The minimum absolute atomic E-state index is 0.0119. The highest BCUT2D eigenvalue weighted by molar-refractivity contribution is 6.10. The van der Waals surface area contributed by atoms with E-state index < -0.39 is 35.7 Å². The Kier molecular flexibility index (Phi) is 7.80. The predicted octanol–water partition coefficient (Wildman–Crippen LogP) is 3.21. The van der Waals surface area contributed by atoms with Crippen LogP contribution in [-0.4, -0.2) is 85.5 Å². The van der Waals surface area contributed by atoms with Gasteiger partial charge in [0.2, 0.25) is 5.36 Å². The van der Waals surface area contributed by atoms with Crippen LogP contribution in [0.3, 0.4) is 0 Å². The lowest BCUT2D eigenvalue weighted by molar-refractivity contribution is -0.200. The molecule has 2 aromatic carbocycles. The van der Waals surface area contributed by atoms with Gasteiger partial charge in [-0.2, -0.15) is 0 Å². The molecule has 6 rings (SSSR count). The standard InChI is InChI=1S/C34H32N4O8/c1-35(2)20-8-11-23-27(17-20)45-28-18-21(36(3)4)9-12-24(28)31(23)25-16-19(7-10-22(25)33(42)43)32(41)37-15-5-6-26(37)34(44)46-38-29(39)13-14-30(38)40/h7-12,16-18,26H,5-6,13-15H2,1-4H3/p+1. The van der Waals surface area contributed by atoms with Crippen LogP contribution < -0.4 is 14.8 Å². The summed E-state index contributed by atoms with van der Waals surface area (Å²) in [4.78, 5) is 72.0. The lowest BCUT2D eigenvalue weighted by atomic mass is 9.89. The molecule has 1 aliphatic carbocycles. The molecule has 236 valence electrons. The van der Waals surface area contributed by atoms with Gasteiger partial charge in [-0.05, 0) is 54.8 Å². The van der Waals surface area contributed by atoms with Crippen LogP contribution in [-0.2, 0) is 19.2 Å². The lowest BCUT2D eigenvalue weighted by Crippen LogP contribution is -2.44. The van der Waals surface area contributed by atoms with Crippen molar-refractivity contribution in [1.82, 2.24) is 14.5 Å². The second-order valence-electron chi connectivity index (χ2n) is 11.8. The van der Waals surface area contributed by atoms with Crippen LogP contribution in [0.25, 0.3) is 33.4 Å². The first-order valence-electron chi connectivity index (χ1n) is 14.9. The van der Waals surface area contributed by atoms with E-state index in [2.05, 4.69) is 0 Å². The summed E-state index contributed by atoms with van der Waals surface area (Å²) in [6.07, 6.45) is 0.715. The molecule has 12 nitrogen and oxygen atoms in total. The number of carbonyl (C=O) groups is 5. The Morgan fingerprint density at radius 3 is 2.37 bits per heavy atom. The van der Waals surface area contributed by atoms with Gasteiger partial charge in [0.1, 0.15) is 31.5 Å². The topological polar surface area (TPSA) is 141 Å². The zero-order valence-corrected chi connectivity index (χ0v) is 25.9. The molecule has 46 heavy (non-hydrogen) atoms. The normalized spacial score (nSPS) is 16.4. The van der Waals surface area contributed by atoms with E-state index in [4.69, 9.17) is 9.25 Å². The van der Waals surface area contributed by atoms with Gasteiger partial charge < -0.3 is 24.2 Å². The third kappa shape index (κ3) is 5.35. The number of carboxylic acids is 1. The number of nitrogens with zero attached hydrogens (tertiary/aromatic N) is 4. The highest BCUT2D eigenvalue weighted by Gasteiger charge is 2.40. The van der Waals surface area contributed by atoms with Crippen molar-refractivity contribution >= 4 is 46.3 Å². The van der Waals surface area contributed by atoms with E-state index in [0.717, 1.165) is 11.0 Å². The van der Waals surface area contributed by atoms with Gasteiger partial charge in [0.05, 0.1) is 11.6 Å². The molecule has 0 saturated carbocycles. The molecule has 1 unspecified atom stereocenters. The molecule has 1 atom stereocenters. The van der Waals surface area contributed by atoms with Crippen molar-refractivity contribution in [2.75, 3.05) is 39.6 Å². The second-order valence-corrected chi connectivity index (χ2v) is 11.8. The summed E-state index contributed by atoms with van der Waals surface area (Å²) in [5.74, 6) is -3.22. The summed E-state index contributed by atoms with van der Waals surface area (Å²) >= 11 is 0. The zero-order chi connectivity index (χ0) is 32.9. The van der Waals surface area contributed by atoms with Crippen LogP contribution in [0, 0.1) is 0 Å². The Morgan fingerprint density at radius 2 is 1.70 bits per heavy atom. The molecule has 2 saturated heterocycles. The SMILES string of the molecule is CN(C)c1ccc2c(-c3cc(C(=O)N4CCCC4C(=O)ON4C(=O)CCC4=O)ccc3C(=O)O)c3ccc(=[N+](C)C)cc-3oc2c1. The Balaban J connectivity index is 1.48. The van der Waals surface area contributed by atoms with Crippen molar-refractivity contribution in [2.45, 2.75) is 31.7 Å². The molecule has 1 N–H and O–H groups in total. The van der Waals surface area contributed by atoms with Crippen molar-refractivity contribution in [2.24, 2.45) is 0 Å². The van der Waals surface area contributed by atoms with Crippen molar-refractivity contribution in [1.29, 1.82) is 0 Å². The predicted molar refractivity (Wildman–Crippen MR) is 168 cm³/mol. The van der Waals surface area contributed by atoms with Crippen LogP contribution in [0.15, 0.2) is 59.0 Å². The first-order chi connectivity index (χ1) is 21.9. The molecule has 3 aliphatic heterocycles. The Morgan fingerprint density at radius 1 is 0.957 bits per heavy atom. The number of hydroxylamine groups is 2. The number of rotatable bonds is 6. The van der Waals surface area contributed by atoms with Crippen LogP contribution in [0.2, 0.25) is 0 Å². The summed E-state index contributed by atoms with van der Waals surface area (Å²) < 4.78 is 8.31. The van der Waals surface area contributed by atoms with E-state index in [-0.39, 0.29) is 30.5 Å². The number of fused-ring (bicyclic) bond motifs is 2. The molecule has 0 bridgehead atoms. The molecular weight excluding hydrogens is 592 g/mol. The monoisotopic (exact) mass is 625 g/mol. The van der Waals surface area contributed by atoms with E-state index in [1.165, 1.54) is 23.1 Å². The number of anilines is 1. The van der Waals surface area contributed by atoms with Crippen LogP contribution >= 0.6 is 0 Å².